The number of anilines is 2. The molecule has 120 valence electrons. The molecule has 0 unspecified atom stereocenters. The number of aromatic nitrogens is 2. The van der Waals surface area contributed by atoms with Crippen molar-refractivity contribution >= 4 is 17.5 Å². The zero-order valence-corrected chi connectivity index (χ0v) is 13.1. The molecule has 5 nitrogen and oxygen atoms in total. The Morgan fingerprint density at radius 1 is 1.00 bits per heavy atom. The molecule has 0 aliphatic heterocycles. The molecule has 0 radical (unpaired) electrons. The lowest BCUT2D eigenvalue weighted by molar-refractivity contribution is -0.116. The van der Waals surface area contributed by atoms with E-state index in [2.05, 4.69) is 15.3 Å². The van der Waals surface area contributed by atoms with Gasteiger partial charge in [0.15, 0.2) is 0 Å². The number of nitrogens with two attached hydrogens (primary N) is 1. The first-order chi connectivity index (χ1) is 11.7. The molecular formula is C19H18N4O. The third-order valence-corrected chi connectivity index (χ3v) is 3.62. The van der Waals surface area contributed by atoms with Gasteiger partial charge in [0, 0.05) is 23.9 Å². The number of carbonyl (C=O) groups excluding carboxylic acids is 1. The quantitative estimate of drug-likeness (QED) is 0.756. The van der Waals surface area contributed by atoms with Crippen LogP contribution in [0.15, 0.2) is 66.9 Å². The van der Waals surface area contributed by atoms with Crippen LogP contribution in [0.25, 0.3) is 11.3 Å². The first-order valence-corrected chi connectivity index (χ1v) is 7.73. The van der Waals surface area contributed by atoms with Gasteiger partial charge >= 0.3 is 0 Å². The molecule has 1 heterocycles. The molecule has 3 N–H and O–H groups in total. The second-order valence-electron chi connectivity index (χ2n) is 5.41. The SMILES string of the molecule is Nc1nccc(-c2ccc(NC(=O)CCc3ccccc3)cc2)n1. The molecule has 3 aromatic rings. The molecule has 1 aromatic heterocycles. The predicted molar refractivity (Wildman–Crippen MR) is 95.3 cm³/mol. The van der Waals surface area contributed by atoms with Crippen LogP contribution in [-0.2, 0) is 11.2 Å². The van der Waals surface area contributed by atoms with Crippen molar-refractivity contribution in [3.8, 4) is 11.3 Å². The van der Waals surface area contributed by atoms with Crippen molar-refractivity contribution in [3.05, 3.63) is 72.4 Å². The summed E-state index contributed by atoms with van der Waals surface area (Å²) < 4.78 is 0. The van der Waals surface area contributed by atoms with Gasteiger partial charge < -0.3 is 11.1 Å². The van der Waals surface area contributed by atoms with Crippen LogP contribution in [0.3, 0.4) is 0 Å². The number of benzene rings is 2. The summed E-state index contributed by atoms with van der Waals surface area (Å²) in [6, 6.07) is 19.3. The summed E-state index contributed by atoms with van der Waals surface area (Å²) in [5.74, 6) is 0.240. The molecule has 24 heavy (non-hydrogen) atoms. The summed E-state index contributed by atoms with van der Waals surface area (Å²) in [6.45, 7) is 0. The van der Waals surface area contributed by atoms with Crippen LogP contribution in [-0.4, -0.2) is 15.9 Å². The Morgan fingerprint density at radius 2 is 1.75 bits per heavy atom. The van der Waals surface area contributed by atoms with Crippen molar-refractivity contribution < 1.29 is 4.79 Å². The van der Waals surface area contributed by atoms with Crippen LogP contribution in [0.4, 0.5) is 11.6 Å². The van der Waals surface area contributed by atoms with Gasteiger partial charge in [-0.25, -0.2) is 9.97 Å². The minimum absolute atomic E-state index is 0.00196. The van der Waals surface area contributed by atoms with Crippen LogP contribution < -0.4 is 11.1 Å². The highest BCUT2D eigenvalue weighted by Crippen LogP contribution is 2.19. The fraction of sp³-hybridized carbons (Fsp3) is 0.105. The van der Waals surface area contributed by atoms with Gasteiger partial charge in [-0.15, -0.1) is 0 Å². The monoisotopic (exact) mass is 318 g/mol. The smallest absolute Gasteiger partial charge is 0.224 e. The van der Waals surface area contributed by atoms with E-state index in [0.717, 1.165) is 28.9 Å². The number of aryl methyl sites for hydroxylation is 1. The van der Waals surface area contributed by atoms with Gasteiger partial charge in [-0.2, -0.15) is 0 Å². The summed E-state index contributed by atoms with van der Waals surface area (Å²) in [5, 5.41) is 2.91. The third kappa shape index (κ3) is 4.16. The third-order valence-electron chi connectivity index (χ3n) is 3.62. The summed E-state index contributed by atoms with van der Waals surface area (Å²) in [5.41, 5.74) is 9.19. The molecule has 0 saturated heterocycles. The fourth-order valence-corrected chi connectivity index (χ4v) is 2.38. The van der Waals surface area contributed by atoms with E-state index < -0.39 is 0 Å². The number of nitrogen functional groups attached to an aromatic ring is 1. The van der Waals surface area contributed by atoms with E-state index in [-0.39, 0.29) is 11.9 Å². The first kappa shape index (κ1) is 15.7. The van der Waals surface area contributed by atoms with Gasteiger partial charge in [0.1, 0.15) is 0 Å². The van der Waals surface area contributed by atoms with Crippen molar-refractivity contribution in [3.63, 3.8) is 0 Å². The Balaban J connectivity index is 1.58. The summed E-state index contributed by atoms with van der Waals surface area (Å²) in [4.78, 5) is 20.1. The molecule has 0 aliphatic carbocycles. The second kappa shape index (κ2) is 7.37. The zero-order chi connectivity index (χ0) is 16.8. The average molecular weight is 318 g/mol. The number of carbonyl (C=O) groups is 1. The highest BCUT2D eigenvalue weighted by atomic mass is 16.1. The lowest BCUT2D eigenvalue weighted by atomic mass is 10.1. The minimum Gasteiger partial charge on any atom is -0.368 e. The minimum atomic E-state index is -0.00196. The fourth-order valence-electron chi connectivity index (χ4n) is 2.38. The van der Waals surface area contributed by atoms with Gasteiger partial charge in [-0.05, 0) is 30.2 Å². The van der Waals surface area contributed by atoms with E-state index in [1.54, 1.807) is 12.3 Å². The van der Waals surface area contributed by atoms with Crippen molar-refractivity contribution in [1.29, 1.82) is 0 Å². The number of rotatable bonds is 5. The molecule has 0 saturated carbocycles. The van der Waals surface area contributed by atoms with Gasteiger partial charge in [-0.1, -0.05) is 42.5 Å². The highest BCUT2D eigenvalue weighted by Gasteiger charge is 2.05. The van der Waals surface area contributed by atoms with Crippen molar-refractivity contribution in [2.24, 2.45) is 0 Å². The molecular weight excluding hydrogens is 300 g/mol. The zero-order valence-electron chi connectivity index (χ0n) is 13.1. The van der Waals surface area contributed by atoms with E-state index in [9.17, 15) is 4.79 Å². The van der Waals surface area contributed by atoms with Crippen LogP contribution >= 0.6 is 0 Å². The topological polar surface area (TPSA) is 80.9 Å². The van der Waals surface area contributed by atoms with Crippen molar-refractivity contribution in [2.45, 2.75) is 12.8 Å². The maximum Gasteiger partial charge on any atom is 0.224 e. The Kier molecular flexibility index (Phi) is 4.81. The molecule has 0 fully saturated rings. The van der Waals surface area contributed by atoms with Gasteiger partial charge in [0.25, 0.3) is 0 Å². The molecule has 0 atom stereocenters. The number of hydrogen-bond donors (Lipinski definition) is 2. The Labute approximate surface area is 140 Å². The van der Waals surface area contributed by atoms with Gasteiger partial charge in [0.05, 0.1) is 5.69 Å². The van der Waals surface area contributed by atoms with Gasteiger partial charge in [-0.3, -0.25) is 4.79 Å². The van der Waals surface area contributed by atoms with Crippen LogP contribution in [0.5, 0.6) is 0 Å². The predicted octanol–water partition coefficient (Wildman–Crippen LogP) is 3.30. The van der Waals surface area contributed by atoms with Crippen LogP contribution in [0, 0.1) is 0 Å². The maximum absolute atomic E-state index is 12.0. The largest absolute Gasteiger partial charge is 0.368 e. The van der Waals surface area contributed by atoms with Crippen molar-refractivity contribution in [2.75, 3.05) is 11.1 Å². The van der Waals surface area contributed by atoms with E-state index in [1.807, 2.05) is 54.6 Å². The molecule has 0 spiro atoms. The lowest BCUT2D eigenvalue weighted by Gasteiger charge is -2.07. The Morgan fingerprint density at radius 3 is 2.46 bits per heavy atom. The molecule has 2 aromatic carbocycles. The normalized spacial score (nSPS) is 10.3. The highest BCUT2D eigenvalue weighted by molar-refractivity contribution is 5.91. The van der Waals surface area contributed by atoms with E-state index in [4.69, 9.17) is 5.73 Å². The Bertz CT molecular complexity index is 816. The molecule has 5 heteroatoms. The lowest BCUT2D eigenvalue weighted by Crippen LogP contribution is -2.12. The molecule has 0 aliphatic rings. The summed E-state index contributed by atoms with van der Waals surface area (Å²) in [6.07, 6.45) is 2.80. The summed E-state index contributed by atoms with van der Waals surface area (Å²) in [7, 11) is 0. The number of nitrogens with zero attached hydrogens (tertiary/aromatic N) is 2. The Hall–Kier alpha value is -3.21. The second-order valence-corrected chi connectivity index (χ2v) is 5.41. The van der Waals surface area contributed by atoms with Gasteiger partial charge in [0.2, 0.25) is 11.9 Å². The molecule has 3 rings (SSSR count). The number of nitrogens with one attached hydrogen (secondary N) is 1. The van der Waals surface area contributed by atoms with Crippen LogP contribution in [0.2, 0.25) is 0 Å². The van der Waals surface area contributed by atoms with E-state index in [1.165, 1.54) is 0 Å². The van der Waals surface area contributed by atoms with Crippen LogP contribution in [0.1, 0.15) is 12.0 Å². The maximum atomic E-state index is 12.0. The summed E-state index contributed by atoms with van der Waals surface area (Å²) >= 11 is 0. The molecule has 0 bridgehead atoms. The van der Waals surface area contributed by atoms with Crippen molar-refractivity contribution in [1.82, 2.24) is 9.97 Å². The number of hydrogen-bond acceptors (Lipinski definition) is 4. The average Bonchev–Trinajstić information content (AvgIpc) is 2.61. The standard InChI is InChI=1S/C19H18N4O/c20-19-21-13-12-17(23-19)15-7-9-16(10-8-15)22-18(24)11-6-14-4-2-1-3-5-14/h1-5,7-10,12-13H,6,11H2,(H,22,24)(H2,20,21,23). The first-order valence-electron chi connectivity index (χ1n) is 7.73. The number of amides is 1. The van der Waals surface area contributed by atoms with E-state index in [0.29, 0.717) is 6.42 Å². The van der Waals surface area contributed by atoms with E-state index >= 15 is 0 Å². The molecule has 1 amide bonds.